The summed E-state index contributed by atoms with van der Waals surface area (Å²) in [7, 11) is -5.87. The van der Waals surface area contributed by atoms with E-state index in [9.17, 15) is 21.6 Å². The van der Waals surface area contributed by atoms with Crippen LogP contribution in [-0.2, 0) is 24.8 Å². The molecule has 0 radical (unpaired) electrons. The Labute approximate surface area is 169 Å². The van der Waals surface area contributed by atoms with Crippen molar-refractivity contribution in [2.75, 3.05) is 38.7 Å². The highest BCUT2D eigenvalue weighted by atomic mass is 32.2. The number of ether oxygens (including phenoxy) is 1. The Bertz CT molecular complexity index is 1080. The number of anilines is 1. The molecule has 1 amide bonds. The lowest BCUT2D eigenvalue weighted by molar-refractivity contribution is 0.0730. The highest BCUT2D eigenvalue weighted by molar-refractivity contribution is 7.89. The van der Waals surface area contributed by atoms with Crippen molar-refractivity contribution >= 4 is 31.6 Å². The van der Waals surface area contributed by atoms with Gasteiger partial charge in [0.25, 0.3) is 5.91 Å². The van der Waals surface area contributed by atoms with E-state index < -0.39 is 26.0 Å². The number of rotatable bonds is 6. The van der Waals surface area contributed by atoms with Gasteiger partial charge in [0, 0.05) is 24.3 Å². The third kappa shape index (κ3) is 4.82. The molecule has 29 heavy (non-hydrogen) atoms. The standard InChI is InChI=1S/C18H21N3O6S2/c1-19-28(23,24)16-8-4-15(5-9-16)20-18(22)14-2-6-17(7-3-14)29(25,26)21-10-12-27-13-11-21/h2-9,19H,10-13H2,1H3,(H,20,22). The maximum absolute atomic E-state index is 12.6. The van der Waals surface area contributed by atoms with Gasteiger partial charge in [-0.2, -0.15) is 4.31 Å². The van der Waals surface area contributed by atoms with E-state index in [-0.39, 0.29) is 15.4 Å². The van der Waals surface area contributed by atoms with Crippen molar-refractivity contribution in [3.8, 4) is 0 Å². The van der Waals surface area contributed by atoms with Crippen LogP contribution in [0.4, 0.5) is 5.69 Å². The first-order valence-corrected chi connectivity index (χ1v) is 11.7. The van der Waals surface area contributed by atoms with Gasteiger partial charge in [-0.1, -0.05) is 0 Å². The average Bonchev–Trinajstić information content (AvgIpc) is 2.75. The van der Waals surface area contributed by atoms with E-state index in [4.69, 9.17) is 4.74 Å². The van der Waals surface area contributed by atoms with E-state index in [0.29, 0.717) is 32.0 Å². The molecule has 1 aliphatic heterocycles. The molecule has 1 fully saturated rings. The summed E-state index contributed by atoms with van der Waals surface area (Å²) in [6.45, 7) is 1.30. The van der Waals surface area contributed by atoms with Gasteiger partial charge in [-0.25, -0.2) is 21.6 Å². The predicted molar refractivity (Wildman–Crippen MR) is 107 cm³/mol. The molecule has 1 aliphatic rings. The number of hydrogen-bond donors (Lipinski definition) is 2. The summed E-state index contributed by atoms with van der Waals surface area (Å²) in [5.41, 5.74) is 0.688. The van der Waals surface area contributed by atoms with Gasteiger partial charge in [0.2, 0.25) is 20.0 Å². The minimum absolute atomic E-state index is 0.0793. The van der Waals surface area contributed by atoms with Crippen LogP contribution < -0.4 is 10.0 Å². The highest BCUT2D eigenvalue weighted by Crippen LogP contribution is 2.19. The van der Waals surface area contributed by atoms with Crippen LogP contribution in [0.3, 0.4) is 0 Å². The molecule has 0 bridgehead atoms. The first-order chi connectivity index (χ1) is 13.7. The Hall–Kier alpha value is -2.31. The molecule has 1 heterocycles. The van der Waals surface area contributed by atoms with Gasteiger partial charge in [-0.15, -0.1) is 0 Å². The summed E-state index contributed by atoms with van der Waals surface area (Å²) < 4.78 is 57.4. The van der Waals surface area contributed by atoms with E-state index in [1.54, 1.807) is 0 Å². The molecular formula is C18H21N3O6S2. The molecule has 0 aromatic heterocycles. The summed E-state index contributed by atoms with van der Waals surface area (Å²) in [6, 6.07) is 11.3. The average molecular weight is 440 g/mol. The zero-order valence-electron chi connectivity index (χ0n) is 15.7. The molecule has 0 atom stereocenters. The fraction of sp³-hybridized carbons (Fsp3) is 0.278. The minimum Gasteiger partial charge on any atom is -0.379 e. The lowest BCUT2D eigenvalue weighted by Gasteiger charge is -2.26. The van der Waals surface area contributed by atoms with Gasteiger partial charge < -0.3 is 10.1 Å². The van der Waals surface area contributed by atoms with Gasteiger partial charge in [0.15, 0.2) is 0 Å². The lowest BCUT2D eigenvalue weighted by atomic mass is 10.2. The number of hydrogen-bond acceptors (Lipinski definition) is 6. The molecule has 0 spiro atoms. The van der Waals surface area contributed by atoms with E-state index in [1.165, 1.54) is 59.9 Å². The Morgan fingerprint density at radius 3 is 2.00 bits per heavy atom. The fourth-order valence-corrected chi connectivity index (χ4v) is 4.89. The second-order valence-corrected chi connectivity index (χ2v) is 10.1. The molecule has 2 aromatic carbocycles. The first-order valence-electron chi connectivity index (χ1n) is 8.77. The van der Waals surface area contributed by atoms with Gasteiger partial charge in [0.05, 0.1) is 23.0 Å². The van der Waals surface area contributed by atoms with Crippen LogP contribution >= 0.6 is 0 Å². The maximum atomic E-state index is 12.6. The molecule has 2 aromatic rings. The Morgan fingerprint density at radius 1 is 0.897 bits per heavy atom. The van der Waals surface area contributed by atoms with Crippen LogP contribution in [0.2, 0.25) is 0 Å². The monoisotopic (exact) mass is 439 g/mol. The van der Waals surface area contributed by atoms with Crippen LogP contribution in [0.25, 0.3) is 0 Å². The van der Waals surface area contributed by atoms with Crippen molar-refractivity contribution in [3.63, 3.8) is 0 Å². The van der Waals surface area contributed by atoms with Crippen LogP contribution in [0.5, 0.6) is 0 Å². The molecule has 2 N–H and O–H groups in total. The van der Waals surface area contributed by atoms with Gasteiger partial charge in [-0.3, -0.25) is 4.79 Å². The molecule has 1 saturated heterocycles. The quantitative estimate of drug-likeness (QED) is 0.689. The fourth-order valence-electron chi connectivity index (χ4n) is 2.75. The molecular weight excluding hydrogens is 418 g/mol. The Morgan fingerprint density at radius 2 is 1.45 bits per heavy atom. The van der Waals surface area contributed by atoms with Crippen LogP contribution in [-0.4, -0.2) is 60.4 Å². The molecule has 0 aliphatic carbocycles. The van der Waals surface area contributed by atoms with Crippen molar-refractivity contribution in [2.45, 2.75) is 9.79 Å². The summed E-state index contributed by atoms with van der Waals surface area (Å²) in [6.07, 6.45) is 0. The second-order valence-electron chi connectivity index (χ2n) is 6.23. The van der Waals surface area contributed by atoms with Crippen molar-refractivity contribution in [1.82, 2.24) is 9.03 Å². The normalized spacial score (nSPS) is 15.8. The molecule has 0 saturated carbocycles. The van der Waals surface area contributed by atoms with Crippen molar-refractivity contribution in [1.29, 1.82) is 0 Å². The third-order valence-corrected chi connectivity index (χ3v) is 7.76. The van der Waals surface area contributed by atoms with Crippen molar-refractivity contribution in [2.24, 2.45) is 0 Å². The summed E-state index contributed by atoms with van der Waals surface area (Å²) in [4.78, 5) is 12.6. The zero-order chi connectivity index (χ0) is 21.1. The van der Waals surface area contributed by atoms with E-state index >= 15 is 0 Å². The number of sulfonamides is 2. The molecule has 0 unspecified atom stereocenters. The van der Waals surface area contributed by atoms with Gasteiger partial charge in [-0.05, 0) is 55.6 Å². The minimum atomic E-state index is -3.63. The van der Waals surface area contributed by atoms with Crippen LogP contribution in [0, 0.1) is 0 Å². The number of carbonyl (C=O) groups excluding carboxylic acids is 1. The van der Waals surface area contributed by atoms with Gasteiger partial charge in [0.1, 0.15) is 0 Å². The summed E-state index contributed by atoms with van der Waals surface area (Å²) in [5.74, 6) is -0.440. The van der Waals surface area contributed by atoms with Crippen molar-refractivity contribution in [3.05, 3.63) is 54.1 Å². The topological polar surface area (TPSA) is 122 Å². The first kappa shape index (κ1) is 21.4. The van der Waals surface area contributed by atoms with Crippen molar-refractivity contribution < 1.29 is 26.4 Å². The number of amides is 1. The molecule has 11 heteroatoms. The van der Waals surface area contributed by atoms with E-state index in [1.807, 2.05) is 0 Å². The lowest BCUT2D eigenvalue weighted by Crippen LogP contribution is -2.40. The van der Waals surface area contributed by atoms with Crippen LogP contribution in [0.1, 0.15) is 10.4 Å². The SMILES string of the molecule is CNS(=O)(=O)c1ccc(NC(=O)c2ccc(S(=O)(=O)N3CCOCC3)cc2)cc1. The Balaban J connectivity index is 1.70. The highest BCUT2D eigenvalue weighted by Gasteiger charge is 2.26. The summed E-state index contributed by atoms with van der Waals surface area (Å²) in [5, 5.41) is 2.65. The number of nitrogens with zero attached hydrogens (tertiary/aromatic N) is 1. The third-order valence-electron chi connectivity index (χ3n) is 4.42. The largest absolute Gasteiger partial charge is 0.379 e. The smallest absolute Gasteiger partial charge is 0.255 e. The number of nitrogens with one attached hydrogen (secondary N) is 2. The Kier molecular flexibility index (Phi) is 6.34. The summed E-state index contributed by atoms with van der Waals surface area (Å²) >= 11 is 0. The molecule has 9 nitrogen and oxygen atoms in total. The molecule has 156 valence electrons. The van der Waals surface area contributed by atoms with Crippen LogP contribution in [0.15, 0.2) is 58.3 Å². The number of benzene rings is 2. The van der Waals surface area contributed by atoms with E-state index in [0.717, 1.165) is 0 Å². The second kappa shape index (κ2) is 8.59. The molecule has 3 rings (SSSR count). The maximum Gasteiger partial charge on any atom is 0.255 e. The van der Waals surface area contributed by atoms with E-state index in [2.05, 4.69) is 10.0 Å². The predicted octanol–water partition coefficient (Wildman–Crippen LogP) is 0.868. The number of morpholine rings is 1. The number of carbonyl (C=O) groups is 1. The zero-order valence-corrected chi connectivity index (χ0v) is 17.3. The van der Waals surface area contributed by atoms with Gasteiger partial charge >= 0.3 is 0 Å².